The summed E-state index contributed by atoms with van der Waals surface area (Å²) in [5, 5.41) is 3.60. The Kier molecular flexibility index (Phi) is 6.39. The number of rotatable bonds is 7. The minimum atomic E-state index is -0.123. The number of pyridine rings is 1. The second kappa shape index (κ2) is 8.84. The van der Waals surface area contributed by atoms with E-state index in [0.29, 0.717) is 11.3 Å². The van der Waals surface area contributed by atoms with Crippen molar-refractivity contribution in [2.45, 2.75) is 53.0 Å². The van der Waals surface area contributed by atoms with Gasteiger partial charge in [-0.2, -0.15) is 0 Å². The highest BCUT2D eigenvalue weighted by Gasteiger charge is 2.19. The maximum absolute atomic E-state index is 12.1. The molecule has 6 nitrogen and oxygen atoms in total. The number of ketones is 1. The van der Waals surface area contributed by atoms with Crippen molar-refractivity contribution in [3.05, 3.63) is 65.1 Å². The normalized spacial score (nSPS) is 12.6. The Morgan fingerprint density at radius 2 is 1.81 bits per heavy atom. The lowest BCUT2D eigenvalue weighted by atomic mass is 10.0. The molecule has 0 saturated heterocycles. The highest BCUT2D eigenvalue weighted by atomic mass is 16.5. The number of Topliss-reactive ketones (excluding diaryl/α,β-unsaturated/α-hetero) is 1. The summed E-state index contributed by atoms with van der Waals surface area (Å²) < 4.78 is 7.29. The number of anilines is 1. The summed E-state index contributed by atoms with van der Waals surface area (Å²) >= 11 is 0. The van der Waals surface area contributed by atoms with Gasteiger partial charge in [0.2, 0.25) is 0 Å². The van der Waals surface area contributed by atoms with E-state index in [0.717, 1.165) is 41.3 Å². The van der Waals surface area contributed by atoms with Gasteiger partial charge in [-0.05, 0) is 82.9 Å². The van der Waals surface area contributed by atoms with Crippen LogP contribution >= 0.6 is 0 Å². The van der Waals surface area contributed by atoms with Crippen molar-refractivity contribution in [2.75, 3.05) is 12.4 Å². The molecule has 0 bridgehead atoms. The lowest BCUT2D eigenvalue weighted by Gasteiger charge is -2.22. The van der Waals surface area contributed by atoms with Crippen molar-refractivity contribution < 1.29 is 9.53 Å². The molecule has 0 saturated carbocycles. The number of nitrogens with two attached hydrogens (primary N) is 1. The van der Waals surface area contributed by atoms with Crippen molar-refractivity contribution in [2.24, 2.45) is 5.73 Å². The average Bonchev–Trinajstić information content (AvgIpc) is 3.01. The van der Waals surface area contributed by atoms with Crippen molar-refractivity contribution >= 4 is 22.8 Å². The number of hydrogen-bond donors (Lipinski definition) is 2. The molecule has 0 unspecified atom stereocenters. The molecule has 0 fully saturated rings. The van der Waals surface area contributed by atoms with E-state index in [9.17, 15) is 4.79 Å². The van der Waals surface area contributed by atoms with Gasteiger partial charge in [-0.25, -0.2) is 4.98 Å². The smallest absolute Gasteiger partial charge is 0.162 e. The Morgan fingerprint density at radius 1 is 1.13 bits per heavy atom. The number of carbonyl (C=O) groups excluding carboxylic acids is 1. The molecule has 6 heteroatoms. The molecule has 0 aliphatic rings. The molecule has 0 amide bonds. The molecule has 2 aromatic heterocycles. The van der Waals surface area contributed by atoms with Crippen LogP contribution in [0, 0.1) is 0 Å². The van der Waals surface area contributed by atoms with Crippen molar-refractivity contribution in [3.63, 3.8) is 0 Å². The summed E-state index contributed by atoms with van der Waals surface area (Å²) in [7, 11) is 1.67. The Morgan fingerprint density at radius 3 is 2.35 bits per heavy atom. The quantitative estimate of drug-likeness (QED) is 0.545. The Hall–Kier alpha value is -3.28. The number of nitrogens with zero attached hydrogens (tertiary/aromatic N) is 2. The van der Waals surface area contributed by atoms with Crippen LogP contribution in [0.3, 0.4) is 0 Å². The molecule has 0 aliphatic heterocycles. The molecule has 0 atom stereocenters. The van der Waals surface area contributed by atoms with E-state index >= 15 is 0 Å². The number of ether oxygens (including phenoxy) is 1. The van der Waals surface area contributed by atoms with Crippen molar-refractivity contribution in [1.82, 2.24) is 9.38 Å². The van der Waals surface area contributed by atoms with Crippen LogP contribution in [0.15, 0.2) is 48.3 Å². The summed E-state index contributed by atoms with van der Waals surface area (Å²) in [5.74, 6) is 1.77. The zero-order valence-electron chi connectivity index (χ0n) is 19.2. The third-order valence-corrected chi connectivity index (χ3v) is 5.04. The van der Waals surface area contributed by atoms with Crippen molar-refractivity contribution in [1.29, 1.82) is 0 Å². The Bertz CT molecular complexity index is 1110. The summed E-state index contributed by atoms with van der Waals surface area (Å²) in [6.07, 6.45) is 3.60. The van der Waals surface area contributed by atoms with Gasteiger partial charge in [0.05, 0.1) is 12.8 Å². The molecule has 164 valence electrons. The molecule has 0 radical (unpaired) electrons. The van der Waals surface area contributed by atoms with Gasteiger partial charge in [0.1, 0.15) is 17.2 Å². The van der Waals surface area contributed by atoms with Gasteiger partial charge in [0.25, 0.3) is 0 Å². The van der Waals surface area contributed by atoms with Crippen LogP contribution in [0.4, 0.5) is 5.82 Å². The summed E-state index contributed by atoms with van der Waals surface area (Å²) in [6, 6.07) is 12.0. The van der Waals surface area contributed by atoms with E-state index in [2.05, 4.69) is 38.2 Å². The number of aromatic nitrogens is 2. The monoisotopic (exact) mass is 420 g/mol. The number of carbonyl (C=O) groups is 1. The maximum atomic E-state index is 12.1. The Balaban J connectivity index is 2.00. The molecule has 0 aliphatic carbocycles. The topological polar surface area (TPSA) is 81.6 Å². The molecule has 2 heterocycles. The molecular weight excluding hydrogens is 388 g/mol. The van der Waals surface area contributed by atoms with Gasteiger partial charge >= 0.3 is 0 Å². The standard InChI is InChI=1S/C25H32N4O2/c1-16(26)23(17(2)30)19-13-14-29-22(15-19)27-21(24(29)28-25(3,4)5)12-9-18-7-10-20(31-6)11-8-18/h7-8,10-11,13-15,28H,9,12,26H2,1-6H3. The van der Waals surface area contributed by atoms with Crippen LogP contribution in [0.2, 0.25) is 0 Å². The zero-order valence-corrected chi connectivity index (χ0v) is 19.2. The first-order chi connectivity index (χ1) is 14.6. The highest BCUT2D eigenvalue weighted by Crippen LogP contribution is 2.27. The van der Waals surface area contributed by atoms with Gasteiger partial charge in [0.15, 0.2) is 5.78 Å². The SMILES string of the molecule is COc1ccc(CCc2nc3cc(C(C(C)=O)=C(C)N)ccn3c2NC(C)(C)C)cc1. The number of allylic oxidation sites excluding steroid dienone is 2. The third kappa shape index (κ3) is 5.26. The minimum absolute atomic E-state index is 0.0522. The van der Waals surface area contributed by atoms with Crippen LogP contribution in [0.25, 0.3) is 11.2 Å². The number of fused-ring (bicyclic) bond motifs is 1. The fourth-order valence-corrected chi connectivity index (χ4v) is 3.67. The maximum Gasteiger partial charge on any atom is 0.162 e. The minimum Gasteiger partial charge on any atom is -0.497 e. The van der Waals surface area contributed by atoms with Crippen molar-refractivity contribution in [3.8, 4) is 5.75 Å². The predicted molar refractivity (Wildman–Crippen MR) is 126 cm³/mol. The summed E-state index contributed by atoms with van der Waals surface area (Å²) in [6.45, 7) is 9.67. The van der Waals surface area contributed by atoms with E-state index < -0.39 is 0 Å². The molecule has 1 aromatic carbocycles. The van der Waals surface area contributed by atoms with Gasteiger partial charge in [0, 0.05) is 23.0 Å². The molecule has 3 rings (SSSR count). The fraction of sp³-hybridized carbons (Fsp3) is 0.360. The second-order valence-electron chi connectivity index (χ2n) is 8.89. The zero-order chi connectivity index (χ0) is 22.8. The summed E-state index contributed by atoms with van der Waals surface area (Å²) in [4.78, 5) is 17.0. The van der Waals surface area contributed by atoms with Crippen LogP contribution < -0.4 is 15.8 Å². The lowest BCUT2D eigenvalue weighted by molar-refractivity contribution is -0.111. The molecule has 3 N–H and O–H groups in total. The van der Waals surface area contributed by atoms with Gasteiger partial charge in [-0.3, -0.25) is 9.20 Å². The van der Waals surface area contributed by atoms with Crippen LogP contribution in [-0.4, -0.2) is 27.8 Å². The van der Waals surface area contributed by atoms with Crippen LogP contribution in [0.1, 0.15) is 51.4 Å². The number of benzene rings is 1. The van der Waals surface area contributed by atoms with Gasteiger partial charge in [-0.1, -0.05) is 12.1 Å². The molecular formula is C25H32N4O2. The first kappa shape index (κ1) is 22.4. The largest absolute Gasteiger partial charge is 0.497 e. The third-order valence-electron chi connectivity index (χ3n) is 5.04. The van der Waals surface area contributed by atoms with E-state index in [-0.39, 0.29) is 11.3 Å². The first-order valence-corrected chi connectivity index (χ1v) is 10.5. The number of nitrogens with one attached hydrogen (secondary N) is 1. The summed E-state index contributed by atoms with van der Waals surface area (Å²) in [5.41, 5.74) is 10.7. The van der Waals surface area contributed by atoms with E-state index in [1.807, 2.05) is 34.9 Å². The van der Waals surface area contributed by atoms with E-state index in [1.165, 1.54) is 12.5 Å². The lowest BCUT2D eigenvalue weighted by Crippen LogP contribution is -2.27. The first-order valence-electron chi connectivity index (χ1n) is 10.5. The number of aryl methyl sites for hydroxylation is 2. The Labute approximate surface area is 184 Å². The van der Waals surface area contributed by atoms with Crippen LogP contribution in [-0.2, 0) is 17.6 Å². The second-order valence-corrected chi connectivity index (χ2v) is 8.89. The number of imidazole rings is 1. The van der Waals surface area contributed by atoms with Gasteiger partial charge < -0.3 is 15.8 Å². The van der Waals surface area contributed by atoms with Gasteiger partial charge in [-0.15, -0.1) is 0 Å². The van der Waals surface area contributed by atoms with E-state index in [4.69, 9.17) is 15.5 Å². The van der Waals surface area contributed by atoms with E-state index in [1.54, 1.807) is 14.0 Å². The molecule has 31 heavy (non-hydrogen) atoms. The number of methoxy groups -OCH3 is 1. The number of hydrogen-bond acceptors (Lipinski definition) is 5. The predicted octanol–water partition coefficient (Wildman–Crippen LogP) is 4.62. The molecule has 3 aromatic rings. The van der Waals surface area contributed by atoms with Crippen LogP contribution in [0.5, 0.6) is 5.75 Å². The average molecular weight is 421 g/mol. The fourth-order valence-electron chi connectivity index (χ4n) is 3.67. The highest BCUT2D eigenvalue weighted by molar-refractivity contribution is 6.20. The molecule has 0 spiro atoms.